The highest BCUT2D eigenvalue weighted by atomic mass is 35.5. The molecule has 0 spiro atoms. The number of carbonyl (C=O) groups is 1. The van der Waals surface area contributed by atoms with Gasteiger partial charge in [0, 0.05) is 30.5 Å². The van der Waals surface area contributed by atoms with Gasteiger partial charge in [-0.3, -0.25) is 4.79 Å². The van der Waals surface area contributed by atoms with E-state index in [1.54, 1.807) is 0 Å². The van der Waals surface area contributed by atoms with Crippen molar-refractivity contribution in [1.29, 1.82) is 0 Å². The van der Waals surface area contributed by atoms with Crippen LogP contribution in [0.1, 0.15) is 37.4 Å². The lowest BCUT2D eigenvalue weighted by Crippen LogP contribution is -2.34. The van der Waals surface area contributed by atoms with Crippen LogP contribution in [0.2, 0.25) is 5.02 Å². The average Bonchev–Trinajstić information content (AvgIpc) is 2.55. The molecule has 5 heteroatoms. The summed E-state index contributed by atoms with van der Waals surface area (Å²) in [5, 5.41) is 4.16. The Morgan fingerprint density at radius 2 is 2.36 bits per heavy atom. The molecule has 122 valence electrons. The van der Waals surface area contributed by atoms with Crippen LogP contribution in [0.5, 0.6) is 0 Å². The normalized spacial score (nSPS) is 19.6. The van der Waals surface area contributed by atoms with Crippen LogP contribution in [-0.4, -0.2) is 32.8 Å². The molecular weight excluding hydrogens is 302 g/mol. The molecule has 1 heterocycles. The summed E-state index contributed by atoms with van der Waals surface area (Å²) in [5.41, 5.74) is 1.11. The van der Waals surface area contributed by atoms with Crippen molar-refractivity contribution in [2.75, 3.05) is 26.8 Å². The monoisotopic (exact) mass is 325 g/mol. The second kappa shape index (κ2) is 9.13. The van der Waals surface area contributed by atoms with E-state index in [4.69, 9.17) is 16.3 Å². The number of ether oxygens (including phenoxy) is 2. The summed E-state index contributed by atoms with van der Waals surface area (Å²) in [6.45, 7) is 2.57. The van der Waals surface area contributed by atoms with Gasteiger partial charge in [-0.15, -0.1) is 0 Å². The van der Waals surface area contributed by atoms with Crippen LogP contribution in [0, 0.1) is 5.92 Å². The van der Waals surface area contributed by atoms with E-state index in [1.165, 1.54) is 7.11 Å². The van der Waals surface area contributed by atoms with Crippen LogP contribution in [0.4, 0.5) is 0 Å². The third-order valence-electron chi connectivity index (χ3n) is 3.99. The molecule has 1 saturated heterocycles. The third-order valence-corrected chi connectivity index (χ3v) is 4.23. The van der Waals surface area contributed by atoms with Gasteiger partial charge in [-0.05, 0) is 43.5 Å². The van der Waals surface area contributed by atoms with Gasteiger partial charge in [0.05, 0.1) is 13.2 Å². The molecule has 2 rings (SSSR count). The third kappa shape index (κ3) is 5.27. The van der Waals surface area contributed by atoms with Gasteiger partial charge >= 0.3 is 5.97 Å². The van der Waals surface area contributed by atoms with Crippen molar-refractivity contribution in [3.63, 3.8) is 0 Å². The van der Waals surface area contributed by atoms with E-state index in [0.29, 0.717) is 25.4 Å². The SMILES string of the molecule is COC(=O)CCCOC(c1cccc(Cl)c1)C1CCCNC1. The molecule has 0 saturated carbocycles. The van der Waals surface area contributed by atoms with Gasteiger partial charge in [-0.2, -0.15) is 0 Å². The molecule has 1 aromatic rings. The summed E-state index contributed by atoms with van der Waals surface area (Å²) >= 11 is 6.12. The lowest BCUT2D eigenvalue weighted by atomic mass is 9.89. The number of carbonyl (C=O) groups excluding carboxylic acids is 1. The number of piperidine rings is 1. The highest BCUT2D eigenvalue weighted by Crippen LogP contribution is 2.32. The smallest absolute Gasteiger partial charge is 0.305 e. The highest BCUT2D eigenvalue weighted by molar-refractivity contribution is 6.30. The summed E-state index contributed by atoms with van der Waals surface area (Å²) in [4.78, 5) is 11.2. The Bertz CT molecular complexity index is 475. The van der Waals surface area contributed by atoms with E-state index >= 15 is 0 Å². The summed E-state index contributed by atoms with van der Waals surface area (Å²) in [6, 6.07) is 7.86. The Balaban J connectivity index is 1.97. The van der Waals surface area contributed by atoms with Crippen molar-refractivity contribution >= 4 is 17.6 Å². The predicted molar refractivity (Wildman–Crippen MR) is 87.0 cm³/mol. The Kier molecular flexibility index (Phi) is 7.16. The van der Waals surface area contributed by atoms with Crippen LogP contribution in [0.3, 0.4) is 0 Å². The first-order valence-corrected chi connectivity index (χ1v) is 8.23. The number of esters is 1. The molecule has 4 nitrogen and oxygen atoms in total. The number of halogens is 1. The average molecular weight is 326 g/mol. The molecule has 0 radical (unpaired) electrons. The number of methoxy groups -OCH3 is 1. The van der Waals surface area contributed by atoms with Crippen LogP contribution in [-0.2, 0) is 14.3 Å². The summed E-state index contributed by atoms with van der Waals surface area (Å²) < 4.78 is 10.8. The zero-order valence-corrected chi connectivity index (χ0v) is 13.8. The minimum Gasteiger partial charge on any atom is -0.469 e. The van der Waals surface area contributed by atoms with E-state index < -0.39 is 0 Å². The lowest BCUT2D eigenvalue weighted by molar-refractivity contribution is -0.141. The van der Waals surface area contributed by atoms with Crippen molar-refractivity contribution in [1.82, 2.24) is 5.32 Å². The first-order valence-electron chi connectivity index (χ1n) is 7.85. The molecule has 22 heavy (non-hydrogen) atoms. The maximum atomic E-state index is 11.2. The number of hydrogen-bond donors (Lipinski definition) is 1. The predicted octanol–water partition coefficient (Wildman–Crippen LogP) is 3.35. The second-order valence-electron chi connectivity index (χ2n) is 5.63. The summed E-state index contributed by atoms with van der Waals surface area (Å²) in [6.07, 6.45) is 3.38. The minimum absolute atomic E-state index is 0.0177. The largest absolute Gasteiger partial charge is 0.469 e. The van der Waals surface area contributed by atoms with Crippen molar-refractivity contribution in [2.45, 2.75) is 31.8 Å². The van der Waals surface area contributed by atoms with Crippen LogP contribution >= 0.6 is 11.6 Å². The minimum atomic E-state index is -0.192. The molecule has 0 bridgehead atoms. The molecule has 1 aromatic carbocycles. The quantitative estimate of drug-likeness (QED) is 0.617. The van der Waals surface area contributed by atoms with Gasteiger partial charge in [0.15, 0.2) is 0 Å². The molecule has 0 aromatic heterocycles. The Labute approximate surface area is 137 Å². The molecule has 1 aliphatic heterocycles. The zero-order chi connectivity index (χ0) is 15.8. The van der Waals surface area contributed by atoms with Gasteiger partial charge in [0.1, 0.15) is 0 Å². The fourth-order valence-electron chi connectivity index (χ4n) is 2.85. The van der Waals surface area contributed by atoms with Crippen molar-refractivity contribution in [2.24, 2.45) is 5.92 Å². The first kappa shape index (κ1) is 17.3. The van der Waals surface area contributed by atoms with Gasteiger partial charge < -0.3 is 14.8 Å². The van der Waals surface area contributed by atoms with E-state index in [9.17, 15) is 4.79 Å². The zero-order valence-electron chi connectivity index (χ0n) is 13.0. The maximum absolute atomic E-state index is 11.2. The van der Waals surface area contributed by atoms with Crippen LogP contribution < -0.4 is 5.32 Å². The molecule has 1 N–H and O–H groups in total. The number of nitrogens with one attached hydrogen (secondary N) is 1. The number of benzene rings is 1. The Hall–Kier alpha value is -1.10. The van der Waals surface area contributed by atoms with Crippen molar-refractivity contribution < 1.29 is 14.3 Å². The molecule has 2 unspecified atom stereocenters. The van der Waals surface area contributed by atoms with Gasteiger partial charge in [-0.1, -0.05) is 23.7 Å². The van der Waals surface area contributed by atoms with Gasteiger partial charge in [0.2, 0.25) is 0 Å². The van der Waals surface area contributed by atoms with Crippen molar-refractivity contribution in [3.05, 3.63) is 34.9 Å². The second-order valence-corrected chi connectivity index (χ2v) is 6.07. The Morgan fingerprint density at radius 1 is 1.50 bits per heavy atom. The molecule has 0 amide bonds. The molecule has 1 aliphatic rings. The molecule has 1 fully saturated rings. The number of rotatable bonds is 7. The fraction of sp³-hybridized carbons (Fsp3) is 0.588. The van der Waals surface area contributed by atoms with E-state index in [2.05, 4.69) is 16.1 Å². The fourth-order valence-corrected chi connectivity index (χ4v) is 3.05. The lowest BCUT2D eigenvalue weighted by Gasteiger charge is -2.31. The summed E-state index contributed by atoms with van der Waals surface area (Å²) in [5.74, 6) is 0.243. The highest BCUT2D eigenvalue weighted by Gasteiger charge is 2.25. The van der Waals surface area contributed by atoms with Crippen molar-refractivity contribution in [3.8, 4) is 0 Å². The molecule has 2 atom stereocenters. The Morgan fingerprint density at radius 3 is 3.05 bits per heavy atom. The van der Waals surface area contributed by atoms with Gasteiger partial charge in [-0.25, -0.2) is 0 Å². The summed E-state index contributed by atoms with van der Waals surface area (Å²) in [7, 11) is 1.41. The molecule has 0 aliphatic carbocycles. The topological polar surface area (TPSA) is 47.6 Å². The van der Waals surface area contributed by atoms with Crippen LogP contribution in [0.15, 0.2) is 24.3 Å². The van der Waals surface area contributed by atoms with E-state index in [-0.39, 0.29) is 12.1 Å². The number of hydrogen-bond acceptors (Lipinski definition) is 4. The van der Waals surface area contributed by atoms with Crippen LogP contribution in [0.25, 0.3) is 0 Å². The molecular formula is C17H24ClNO3. The standard InChI is InChI=1S/C17H24ClNO3/c1-21-16(20)8-4-10-22-17(14-6-3-9-19-12-14)13-5-2-7-15(18)11-13/h2,5,7,11,14,17,19H,3-4,6,8-10,12H2,1H3. The van der Waals surface area contributed by atoms with E-state index in [0.717, 1.165) is 36.5 Å². The van der Waals surface area contributed by atoms with Gasteiger partial charge in [0.25, 0.3) is 0 Å². The maximum Gasteiger partial charge on any atom is 0.305 e. The van der Waals surface area contributed by atoms with E-state index in [1.807, 2.05) is 18.2 Å². The first-order chi connectivity index (χ1) is 10.7.